The Morgan fingerprint density at radius 3 is 2.90 bits per heavy atom. The molecule has 1 unspecified atom stereocenters. The zero-order valence-electron chi connectivity index (χ0n) is 12.6. The molecule has 4 heteroatoms. The van der Waals surface area contributed by atoms with Crippen LogP contribution in [0.15, 0.2) is 18.2 Å². The van der Waals surface area contributed by atoms with Crippen LogP contribution < -0.4 is 5.32 Å². The molecule has 2 amide bonds. The molecule has 0 bridgehead atoms. The number of anilines is 1. The Balaban J connectivity index is 1.65. The van der Waals surface area contributed by atoms with Gasteiger partial charge in [0, 0.05) is 19.3 Å². The van der Waals surface area contributed by atoms with Crippen molar-refractivity contribution in [3.05, 3.63) is 29.3 Å². The number of hydrogen-bond acceptors (Lipinski definition) is 1. The maximum Gasteiger partial charge on any atom is 0.321 e. The van der Waals surface area contributed by atoms with E-state index in [0.717, 1.165) is 23.6 Å². The van der Waals surface area contributed by atoms with Crippen LogP contribution >= 0.6 is 11.6 Å². The molecule has 0 radical (unpaired) electrons. The zero-order chi connectivity index (χ0) is 14.8. The van der Waals surface area contributed by atoms with Gasteiger partial charge in [-0.15, -0.1) is 11.6 Å². The second kappa shape index (κ2) is 6.27. The highest BCUT2D eigenvalue weighted by Crippen LogP contribution is 2.35. The van der Waals surface area contributed by atoms with Gasteiger partial charge in [0.25, 0.3) is 0 Å². The van der Waals surface area contributed by atoms with Gasteiger partial charge in [0.15, 0.2) is 0 Å². The summed E-state index contributed by atoms with van der Waals surface area (Å²) >= 11 is 6.59. The van der Waals surface area contributed by atoms with E-state index in [2.05, 4.69) is 17.4 Å². The number of urea groups is 1. The van der Waals surface area contributed by atoms with E-state index in [1.165, 1.54) is 37.7 Å². The molecule has 0 spiro atoms. The first kappa shape index (κ1) is 14.7. The summed E-state index contributed by atoms with van der Waals surface area (Å²) in [5.41, 5.74) is 3.25. The molecule has 1 aliphatic heterocycles. The Labute approximate surface area is 131 Å². The first-order valence-electron chi connectivity index (χ1n) is 7.92. The highest BCUT2D eigenvalue weighted by molar-refractivity contribution is 6.20. The van der Waals surface area contributed by atoms with E-state index >= 15 is 0 Å². The van der Waals surface area contributed by atoms with E-state index < -0.39 is 0 Å². The van der Waals surface area contributed by atoms with Gasteiger partial charge >= 0.3 is 6.03 Å². The molecule has 21 heavy (non-hydrogen) atoms. The molecule has 1 aliphatic carbocycles. The van der Waals surface area contributed by atoms with Crippen molar-refractivity contribution in [2.75, 3.05) is 12.4 Å². The molecule has 1 heterocycles. The van der Waals surface area contributed by atoms with Crippen LogP contribution in [-0.2, 0) is 6.54 Å². The van der Waals surface area contributed by atoms with Crippen LogP contribution in [-0.4, -0.2) is 18.0 Å². The van der Waals surface area contributed by atoms with Gasteiger partial charge in [-0.1, -0.05) is 37.8 Å². The monoisotopic (exact) mass is 306 g/mol. The van der Waals surface area contributed by atoms with E-state index in [1.54, 1.807) is 4.90 Å². The van der Waals surface area contributed by atoms with Crippen LogP contribution in [0.1, 0.15) is 55.0 Å². The lowest BCUT2D eigenvalue weighted by Crippen LogP contribution is -2.35. The number of carbonyl (C=O) groups is 1. The maximum atomic E-state index is 11.6. The molecule has 0 aromatic heterocycles. The van der Waals surface area contributed by atoms with Gasteiger partial charge in [0.05, 0.1) is 5.38 Å². The summed E-state index contributed by atoms with van der Waals surface area (Å²) in [5.74, 6) is 0.884. The van der Waals surface area contributed by atoms with Crippen LogP contribution in [0.4, 0.5) is 10.5 Å². The number of nitrogens with one attached hydrogen (secondary N) is 1. The Hall–Kier alpha value is -1.22. The molecular weight excluding hydrogens is 284 g/mol. The van der Waals surface area contributed by atoms with Crippen molar-refractivity contribution >= 4 is 23.3 Å². The minimum Gasteiger partial charge on any atom is -0.323 e. The standard InChI is InChI=1S/C17H23ClN2O/c1-20-11-14-10-13(7-9-16(14)19-17(20)21)15(18)8-6-12-4-2-3-5-12/h7,9-10,12,15H,2-6,8,11H2,1H3,(H,19,21). The molecule has 0 saturated heterocycles. The summed E-state index contributed by atoms with van der Waals surface area (Å²) in [7, 11) is 1.81. The third-order valence-corrected chi connectivity index (χ3v) is 5.26. The fraction of sp³-hybridized carbons (Fsp3) is 0.588. The Bertz CT molecular complexity index is 526. The SMILES string of the molecule is CN1Cc2cc(C(Cl)CCC3CCCC3)ccc2NC1=O. The normalized spacial score (nSPS) is 20.3. The Morgan fingerprint density at radius 1 is 1.38 bits per heavy atom. The van der Waals surface area contributed by atoms with Gasteiger partial charge in [-0.3, -0.25) is 0 Å². The quantitative estimate of drug-likeness (QED) is 0.787. The van der Waals surface area contributed by atoms with E-state index in [1.807, 2.05) is 13.1 Å². The molecule has 1 fully saturated rings. The van der Waals surface area contributed by atoms with Crippen molar-refractivity contribution in [3.8, 4) is 0 Å². The average Bonchev–Trinajstić information content (AvgIpc) is 2.99. The molecule has 114 valence electrons. The minimum absolute atomic E-state index is 0.0427. The molecule has 1 N–H and O–H groups in total. The van der Waals surface area contributed by atoms with Gasteiger partial charge in [-0.25, -0.2) is 4.79 Å². The number of carbonyl (C=O) groups excluding carboxylic acids is 1. The van der Waals surface area contributed by atoms with Crippen LogP contribution in [0.5, 0.6) is 0 Å². The van der Waals surface area contributed by atoms with Crippen molar-refractivity contribution in [1.29, 1.82) is 0 Å². The predicted molar refractivity (Wildman–Crippen MR) is 86.7 cm³/mol. The number of alkyl halides is 1. The Kier molecular flexibility index (Phi) is 4.39. The molecule has 1 aromatic carbocycles. The zero-order valence-corrected chi connectivity index (χ0v) is 13.3. The smallest absolute Gasteiger partial charge is 0.321 e. The minimum atomic E-state index is -0.0427. The number of benzene rings is 1. The number of nitrogens with zero attached hydrogens (tertiary/aromatic N) is 1. The fourth-order valence-corrected chi connectivity index (χ4v) is 3.71. The third-order valence-electron chi connectivity index (χ3n) is 4.79. The van der Waals surface area contributed by atoms with Crippen molar-refractivity contribution in [2.45, 2.75) is 50.4 Å². The van der Waals surface area contributed by atoms with E-state index in [-0.39, 0.29) is 11.4 Å². The highest BCUT2D eigenvalue weighted by atomic mass is 35.5. The molecule has 1 saturated carbocycles. The molecule has 3 nitrogen and oxygen atoms in total. The van der Waals surface area contributed by atoms with Gasteiger partial charge in [-0.2, -0.15) is 0 Å². The Morgan fingerprint density at radius 2 is 2.14 bits per heavy atom. The lowest BCUT2D eigenvalue weighted by molar-refractivity contribution is 0.218. The second-order valence-corrected chi connectivity index (χ2v) is 6.92. The van der Waals surface area contributed by atoms with Crippen LogP contribution in [0.25, 0.3) is 0 Å². The van der Waals surface area contributed by atoms with E-state index in [4.69, 9.17) is 11.6 Å². The molecule has 1 aromatic rings. The maximum absolute atomic E-state index is 11.6. The lowest BCUT2D eigenvalue weighted by Gasteiger charge is -2.26. The summed E-state index contributed by atoms with van der Waals surface area (Å²) in [4.78, 5) is 13.3. The number of rotatable bonds is 4. The summed E-state index contributed by atoms with van der Waals surface area (Å²) in [5, 5.41) is 2.98. The van der Waals surface area contributed by atoms with Crippen molar-refractivity contribution in [3.63, 3.8) is 0 Å². The summed E-state index contributed by atoms with van der Waals surface area (Å²) in [6.07, 6.45) is 7.83. The van der Waals surface area contributed by atoms with Gasteiger partial charge in [0.2, 0.25) is 0 Å². The van der Waals surface area contributed by atoms with E-state index in [9.17, 15) is 4.79 Å². The molecule has 2 aliphatic rings. The topological polar surface area (TPSA) is 32.3 Å². The van der Waals surface area contributed by atoms with Gasteiger partial charge in [-0.05, 0) is 36.0 Å². The second-order valence-electron chi connectivity index (χ2n) is 6.40. The fourth-order valence-electron chi connectivity index (χ4n) is 3.45. The van der Waals surface area contributed by atoms with Crippen molar-refractivity contribution in [2.24, 2.45) is 5.92 Å². The molecule has 3 rings (SSSR count). The molecule has 1 atom stereocenters. The van der Waals surface area contributed by atoms with Gasteiger partial charge < -0.3 is 10.2 Å². The molecular formula is C17H23ClN2O. The number of hydrogen-bond donors (Lipinski definition) is 1. The van der Waals surface area contributed by atoms with Crippen LogP contribution in [0.3, 0.4) is 0 Å². The average molecular weight is 307 g/mol. The summed E-state index contributed by atoms with van der Waals surface area (Å²) in [6.45, 7) is 0.654. The summed E-state index contributed by atoms with van der Waals surface area (Å²) in [6, 6.07) is 6.15. The number of halogens is 1. The first-order valence-corrected chi connectivity index (χ1v) is 8.36. The summed E-state index contributed by atoms with van der Waals surface area (Å²) < 4.78 is 0. The number of amides is 2. The van der Waals surface area contributed by atoms with E-state index in [0.29, 0.717) is 6.54 Å². The number of fused-ring (bicyclic) bond motifs is 1. The largest absolute Gasteiger partial charge is 0.323 e. The lowest BCUT2D eigenvalue weighted by atomic mass is 9.96. The predicted octanol–water partition coefficient (Wildman–Crippen LogP) is 4.91. The highest BCUT2D eigenvalue weighted by Gasteiger charge is 2.21. The van der Waals surface area contributed by atoms with Crippen molar-refractivity contribution < 1.29 is 4.79 Å². The third kappa shape index (κ3) is 3.34. The van der Waals surface area contributed by atoms with Crippen LogP contribution in [0.2, 0.25) is 0 Å². The first-order chi connectivity index (χ1) is 10.1. The van der Waals surface area contributed by atoms with Gasteiger partial charge in [0.1, 0.15) is 0 Å². The van der Waals surface area contributed by atoms with Crippen molar-refractivity contribution in [1.82, 2.24) is 4.90 Å². The van der Waals surface area contributed by atoms with Crippen LogP contribution in [0, 0.1) is 5.92 Å².